The molecule has 4 rings (SSSR count). The standard InChI is InChI=1S/C24H24N2O3S/c1-17-10-13-22(15-18(17)2)30(28,29)25-21-12-11-19-9-6-14-26(23(19)16-21)24(27)20-7-4-3-5-8-20/h3-5,7-8,10-13,15-16,25H,6,9,14H2,1-2H3. The van der Waals surface area contributed by atoms with E-state index in [4.69, 9.17) is 0 Å². The molecule has 3 aromatic rings. The van der Waals surface area contributed by atoms with Crippen LogP contribution in [0.15, 0.2) is 71.6 Å². The first-order valence-corrected chi connectivity index (χ1v) is 11.4. The van der Waals surface area contributed by atoms with Crippen LogP contribution in [0, 0.1) is 13.8 Å². The van der Waals surface area contributed by atoms with E-state index in [1.165, 1.54) is 0 Å². The number of fused-ring (bicyclic) bond motifs is 1. The number of hydrogen-bond acceptors (Lipinski definition) is 3. The molecular formula is C24H24N2O3S. The van der Waals surface area contributed by atoms with Crippen molar-refractivity contribution < 1.29 is 13.2 Å². The second-order valence-electron chi connectivity index (χ2n) is 7.62. The summed E-state index contributed by atoms with van der Waals surface area (Å²) in [5, 5.41) is 0. The number of nitrogens with zero attached hydrogens (tertiary/aromatic N) is 1. The summed E-state index contributed by atoms with van der Waals surface area (Å²) >= 11 is 0. The van der Waals surface area contributed by atoms with Gasteiger partial charge in [0.1, 0.15) is 0 Å². The first kappa shape index (κ1) is 20.2. The first-order chi connectivity index (χ1) is 14.3. The van der Waals surface area contributed by atoms with Crippen LogP contribution in [-0.4, -0.2) is 20.9 Å². The van der Waals surface area contributed by atoms with Gasteiger partial charge in [-0.05, 0) is 79.8 Å². The second-order valence-corrected chi connectivity index (χ2v) is 9.30. The van der Waals surface area contributed by atoms with Gasteiger partial charge < -0.3 is 4.90 Å². The Kier molecular flexibility index (Phi) is 5.35. The lowest BCUT2D eigenvalue weighted by Gasteiger charge is -2.30. The Hall–Kier alpha value is -3.12. The number of amides is 1. The van der Waals surface area contributed by atoms with Gasteiger partial charge in [-0.2, -0.15) is 0 Å². The molecule has 0 fully saturated rings. The summed E-state index contributed by atoms with van der Waals surface area (Å²) < 4.78 is 28.4. The lowest BCUT2D eigenvalue weighted by atomic mass is 10.00. The fourth-order valence-electron chi connectivity index (χ4n) is 3.68. The van der Waals surface area contributed by atoms with Crippen molar-refractivity contribution in [2.45, 2.75) is 31.6 Å². The molecule has 0 radical (unpaired) electrons. The third-order valence-corrected chi connectivity index (χ3v) is 6.89. The van der Waals surface area contributed by atoms with Crippen molar-refractivity contribution in [2.24, 2.45) is 0 Å². The van der Waals surface area contributed by atoms with E-state index < -0.39 is 10.0 Å². The van der Waals surface area contributed by atoms with Gasteiger partial charge in [-0.15, -0.1) is 0 Å². The number of rotatable bonds is 4. The molecule has 1 N–H and O–H groups in total. The van der Waals surface area contributed by atoms with Gasteiger partial charge in [-0.3, -0.25) is 9.52 Å². The predicted octanol–water partition coefficient (Wildman–Crippen LogP) is 4.70. The number of nitrogens with one attached hydrogen (secondary N) is 1. The quantitative estimate of drug-likeness (QED) is 0.665. The van der Waals surface area contributed by atoms with Gasteiger partial charge >= 0.3 is 0 Å². The lowest BCUT2D eigenvalue weighted by molar-refractivity contribution is 0.0985. The predicted molar refractivity (Wildman–Crippen MR) is 120 cm³/mol. The van der Waals surface area contributed by atoms with Crippen molar-refractivity contribution in [3.8, 4) is 0 Å². The molecule has 0 spiro atoms. The van der Waals surface area contributed by atoms with Gasteiger partial charge in [0, 0.05) is 17.8 Å². The maximum absolute atomic E-state index is 13.0. The highest BCUT2D eigenvalue weighted by Gasteiger charge is 2.24. The monoisotopic (exact) mass is 420 g/mol. The number of hydrogen-bond donors (Lipinski definition) is 1. The summed E-state index contributed by atoms with van der Waals surface area (Å²) in [6.45, 7) is 4.44. The Morgan fingerprint density at radius 3 is 2.43 bits per heavy atom. The topological polar surface area (TPSA) is 66.5 Å². The zero-order chi connectivity index (χ0) is 21.3. The lowest BCUT2D eigenvalue weighted by Crippen LogP contribution is -2.35. The summed E-state index contributed by atoms with van der Waals surface area (Å²) in [7, 11) is -3.72. The largest absolute Gasteiger partial charge is 0.308 e. The van der Waals surface area contributed by atoms with Crippen molar-refractivity contribution >= 4 is 27.3 Å². The molecule has 30 heavy (non-hydrogen) atoms. The summed E-state index contributed by atoms with van der Waals surface area (Å²) in [6.07, 6.45) is 1.73. The maximum Gasteiger partial charge on any atom is 0.261 e. The highest BCUT2D eigenvalue weighted by Crippen LogP contribution is 2.32. The van der Waals surface area contributed by atoms with E-state index in [0.717, 1.165) is 35.2 Å². The summed E-state index contributed by atoms with van der Waals surface area (Å²) in [6, 6.07) is 19.6. The van der Waals surface area contributed by atoms with Crippen LogP contribution in [0.3, 0.4) is 0 Å². The van der Waals surface area contributed by atoms with Crippen LogP contribution in [-0.2, 0) is 16.4 Å². The Labute approximate surface area is 177 Å². The molecule has 1 amide bonds. The van der Waals surface area contributed by atoms with Gasteiger partial charge in [-0.25, -0.2) is 8.42 Å². The fraction of sp³-hybridized carbons (Fsp3) is 0.208. The Morgan fingerprint density at radius 1 is 0.933 bits per heavy atom. The number of anilines is 2. The normalized spacial score (nSPS) is 13.6. The highest BCUT2D eigenvalue weighted by molar-refractivity contribution is 7.92. The maximum atomic E-state index is 13.0. The minimum atomic E-state index is -3.72. The molecule has 0 aromatic heterocycles. The molecule has 3 aromatic carbocycles. The number of aryl methyl sites for hydroxylation is 3. The Balaban J connectivity index is 1.65. The van der Waals surface area contributed by atoms with E-state index in [1.54, 1.807) is 47.4 Å². The van der Waals surface area contributed by atoms with Crippen LogP contribution in [0.4, 0.5) is 11.4 Å². The molecule has 1 aliphatic rings. The zero-order valence-electron chi connectivity index (χ0n) is 17.1. The van der Waals surface area contributed by atoms with E-state index in [-0.39, 0.29) is 10.8 Å². The highest BCUT2D eigenvalue weighted by atomic mass is 32.2. The number of sulfonamides is 1. The number of benzene rings is 3. The smallest absolute Gasteiger partial charge is 0.261 e. The average Bonchev–Trinajstić information content (AvgIpc) is 2.75. The summed E-state index contributed by atoms with van der Waals surface area (Å²) in [4.78, 5) is 15.0. The molecule has 0 bridgehead atoms. The second kappa shape index (κ2) is 7.95. The Bertz CT molecular complexity index is 1200. The third-order valence-electron chi connectivity index (χ3n) is 5.51. The molecule has 0 unspecified atom stereocenters. The van der Waals surface area contributed by atoms with Crippen molar-refractivity contribution in [1.82, 2.24) is 0 Å². The van der Waals surface area contributed by atoms with Crippen molar-refractivity contribution in [2.75, 3.05) is 16.2 Å². The molecule has 0 saturated heterocycles. The average molecular weight is 421 g/mol. The van der Waals surface area contributed by atoms with Crippen molar-refractivity contribution in [1.29, 1.82) is 0 Å². The Morgan fingerprint density at radius 2 is 1.70 bits per heavy atom. The minimum absolute atomic E-state index is 0.0780. The molecule has 1 heterocycles. The van der Waals surface area contributed by atoms with Crippen LogP contribution in [0.1, 0.15) is 33.5 Å². The summed E-state index contributed by atoms with van der Waals surface area (Å²) in [5.74, 6) is -0.0780. The van der Waals surface area contributed by atoms with Gasteiger partial charge in [0.15, 0.2) is 0 Å². The molecule has 154 valence electrons. The SMILES string of the molecule is Cc1ccc(S(=O)(=O)Nc2ccc3c(c2)N(C(=O)c2ccccc2)CCC3)cc1C. The number of carbonyl (C=O) groups excluding carboxylic acids is 1. The molecule has 0 aliphatic carbocycles. The van der Waals surface area contributed by atoms with Crippen molar-refractivity contribution in [3.63, 3.8) is 0 Å². The minimum Gasteiger partial charge on any atom is -0.308 e. The zero-order valence-corrected chi connectivity index (χ0v) is 17.9. The van der Waals surface area contributed by atoms with E-state index in [1.807, 2.05) is 38.1 Å². The van der Waals surface area contributed by atoms with Crippen LogP contribution in [0.5, 0.6) is 0 Å². The van der Waals surface area contributed by atoms with E-state index in [9.17, 15) is 13.2 Å². The van der Waals surface area contributed by atoms with Gasteiger partial charge in [0.25, 0.3) is 15.9 Å². The first-order valence-electron chi connectivity index (χ1n) is 9.95. The summed E-state index contributed by atoms with van der Waals surface area (Å²) in [5.41, 5.74) is 4.82. The molecule has 1 aliphatic heterocycles. The fourth-order valence-corrected chi connectivity index (χ4v) is 4.81. The van der Waals surface area contributed by atoms with Gasteiger partial charge in [0.05, 0.1) is 10.6 Å². The van der Waals surface area contributed by atoms with Gasteiger partial charge in [-0.1, -0.05) is 30.3 Å². The molecule has 6 heteroatoms. The van der Waals surface area contributed by atoms with Crippen LogP contribution in [0.2, 0.25) is 0 Å². The van der Waals surface area contributed by atoms with Crippen molar-refractivity contribution in [3.05, 3.63) is 89.0 Å². The molecule has 0 saturated carbocycles. The molecular weight excluding hydrogens is 396 g/mol. The third kappa shape index (κ3) is 3.96. The molecule has 0 atom stereocenters. The van der Waals surface area contributed by atoms with Crippen LogP contribution >= 0.6 is 0 Å². The number of carbonyl (C=O) groups is 1. The van der Waals surface area contributed by atoms with Crippen LogP contribution in [0.25, 0.3) is 0 Å². The van der Waals surface area contributed by atoms with Gasteiger partial charge in [0.2, 0.25) is 0 Å². The van der Waals surface area contributed by atoms with E-state index in [2.05, 4.69) is 4.72 Å². The van der Waals surface area contributed by atoms with E-state index >= 15 is 0 Å². The molecule has 5 nitrogen and oxygen atoms in total. The van der Waals surface area contributed by atoms with E-state index in [0.29, 0.717) is 17.8 Å². The van der Waals surface area contributed by atoms with Crippen LogP contribution < -0.4 is 9.62 Å².